The molecule has 0 unspecified atom stereocenters. The van der Waals surface area contributed by atoms with Crippen molar-refractivity contribution in [2.45, 2.75) is 13.0 Å². The summed E-state index contributed by atoms with van der Waals surface area (Å²) in [4.78, 5) is 4.73. The topological polar surface area (TPSA) is 17.8 Å². The molecule has 1 heterocycles. The normalized spacial score (nSPS) is 10.8. The third-order valence-corrected chi connectivity index (χ3v) is 3.57. The Morgan fingerprint density at radius 1 is 1.10 bits per heavy atom. The second-order valence-electron chi connectivity index (χ2n) is 4.72. The molecule has 0 amide bonds. The van der Waals surface area contributed by atoms with Crippen molar-refractivity contribution in [1.29, 1.82) is 0 Å². The van der Waals surface area contributed by atoms with Crippen LogP contribution < -0.4 is 0 Å². The van der Waals surface area contributed by atoms with Gasteiger partial charge in [0, 0.05) is 18.0 Å². The molecule has 0 saturated carbocycles. The fourth-order valence-electron chi connectivity index (χ4n) is 2.38. The second kappa shape index (κ2) is 5.51. The SMILES string of the molecule is C=CCn1c(Cc2ccc(Cl)cc2)nc2ccccc21. The second-order valence-corrected chi connectivity index (χ2v) is 5.16. The number of nitrogens with zero attached hydrogens (tertiary/aromatic N) is 2. The molecule has 0 fully saturated rings. The lowest BCUT2D eigenvalue weighted by molar-refractivity contribution is 0.780. The first-order valence-corrected chi connectivity index (χ1v) is 6.95. The van der Waals surface area contributed by atoms with E-state index in [1.54, 1.807) is 0 Å². The molecule has 3 heteroatoms. The van der Waals surface area contributed by atoms with Crippen molar-refractivity contribution in [3.05, 3.63) is 77.6 Å². The Bertz CT molecular complexity index is 741. The Morgan fingerprint density at radius 3 is 2.60 bits per heavy atom. The van der Waals surface area contributed by atoms with E-state index in [0.29, 0.717) is 0 Å². The van der Waals surface area contributed by atoms with Crippen LogP contribution in [0.15, 0.2) is 61.2 Å². The molecule has 0 saturated heterocycles. The monoisotopic (exact) mass is 282 g/mol. The molecule has 0 aliphatic heterocycles. The molecular formula is C17H15ClN2. The van der Waals surface area contributed by atoms with E-state index < -0.39 is 0 Å². The van der Waals surface area contributed by atoms with Gasteiger partial charge in [-0.1, -0.05) is 41.9 Å². The zero-order valence-corrected chi connectivity index (χ0v) is 11.8. The van der Waals surface area contributed by atoms with Crippen molar-refractivity contribution in [3.8, 4) is 0 Å². The van der Waals surface area contributed by atoms with Crippen molar-refractivity contribution in [1.82, 2.24) is 9.55 Å². The Morgan fingerprint density at radius 2 is 1.85 bits per heavy atom. The van der Waals surface area contributed by atoms with Gasteiger partial charge in [-0.2, -0.15) is 0 Å². The molecule has 20 heavy (non-hydrogen) atoms. The lowest BCUT2D eigenvalue weighted by Gasteiger charge is -2.06. The molecule has 1 aromatic heterocycles. The average Bonchev–Trinajstić information content (AvgIpc) is 2.80. The minimum absolute atomic E-state index is 0.758. The summed E-state index contributed by atoms with van der Waals surface area (Å²) in [6.45, 7) is 4.60. The van der Waals surface area contributed by atoms with Crippen LogP contribution in [0.5, 0.6) is 0 Å². The Labute approximate surface area is 123 Å². The van der Waals surface area contributed by atoms with E-state index in [1.165, 1.54) is 5.56 Å². The number of para-hydroxylation sites is 2. The van der Waals surface area contributed by atoms with Crippen molar-refractivity contribution in [2.24, 2.45) is 0 Å². The maximum absolute atomic E-state index is 5.93. The van der Waals surface area contributed by atoms with E-state index in [2.05, 4.69) is 17.2 Å². The van der Waals surface area contributed by atoms with Crippen molar-refractivity contribution < 1.29 is 0 Å². The van der Waals surface area contributed by atoms with Crippen LogP contribution in [0, 0.1) is 0 Å². The predicted molar refractivity (Wildman–Crippen MR) is 84.2 cm³/mol. The van der Waals surface area contributed by atoms with E-state index in [9.17, 15) is 0 Å². The van der Waals surface area contributed by atoms with Crippen LogP contribution in [0.3, 0.4) is 0 Å². The molecule has 3 aromatic rings. The highest BCUT2D eigenvalue weighted by molar-refractivity contribution is 6.30. The number of hydrogen-bond donors (Lipinski definition) is 0. The van der Waals surface area contributed by atoms with Crippen LogP contribution in [0.2, 0.25) is 5.02 Å². The zero-order valence-electron chi connectivity index (χ0n) is 11.1. The number of benzene rings is 2. The number of hydrogen-bond acceptors (Lipinski definition) is 1. The van der Waals surface area contributed by atoms with Crippen LogP contribution >= 0.6 is 11.6 Å². The summed E-state index contributed by atoms with van der Waals surface area (Å²) in [7, 11) is 0. The molecule has 0 aliphatic rings. The molecule has 0 N–H and O–H groups in total. The van der Waals surface area contributed by atoms with Gasteiger partial charge in [-0.25, -0.2) is 4.98 Å². The van der Waals surface area contributed by atoms with Gasteiger partial charge in [-0.3, -0.25) is 0 Å². The number of halogens is 1. The Kier molecular flexibility index (Phi) is 3.57. The van der Waals surface area contributed by atoms with Crippen LogP contribution in [-0.2, 0) is 13.0 Å². The minimum atomic E-state index is 0.758. The van der Waals surface area contributed by atoms with E-state index >= 15 is 0 Å². The smallest absolute Gasteiger partial charge is 0.114 e. The number of allylic oxidation sites excluding steroid dienone is 1. The highest BCUT2D eigenvalue weighted by Gasteiger charge is 2.09. The first kappa shape index (κ1) is 12.9. The standard InChI is InChI=1S/C17H15ClN2/c1-2-11-20-16-6-4-3-5-15(16)19-17(20)12-13-7-9-14(18)10-8-13/h2-10H,1,11-12H2. The van der Waals surface area contributed by atoms with Crippen molar-refractivity contribution in [2.75, 3.05) is 0 Å². The van der Waals surface area contributed by atoms with Gasteiger partial charge < -0.3 is 4.57 Å². The van der Waals surface area contributed by atoms with Crippen LogP contribution in [0.25, 0.3) is 11.0 Å². The molecule has 100 valence electrons. The Hall–Kier alpha value is -2.06. The van der Waals surface area contributed by atoms with Gasteiger partial charge in [0.25, 0.3) is 0 Å². The first-order valence-electron chi connectivity index (χ1n) is 6.57. The van der Waals surface area contributed by atoms with Gasteiger partial charge in [0.2, 0.25) is 0 Å². The molecule has 2 nitrogen and oxygen atoms in total. The fourth-order valence-corrected chi connectivity index (χ4v) is 2.50. The predicted octanol–water partition coefficient (Wildman–Crippen LogP) is 4.47. The number of fused-ring (bicyclic) bond motifs is 1. The zero-order chi connectivity index (χ0) is 13.9. The first-order chi connectivity index (χ1) is 9.78. The summed E-state index contributed by atoms with van der Waals surface area (Å²) in [5.74, 6) is 1.05. The van der Waals surface area contributed by atoms with Crippen molar-refractivity contribution >= 4 is 22.6 Å². The highest BCUT2D eigenvalue weighted by atomic mass is 35.5. The highest BCUT2D eigenvalue weighted by Crippen LogP contribution is 2.19. The minimum Gasteiger partial charge on any atom is -0.324 e. The van der Waals surface area contributed by atoms with Gasteiger partial charge >= 0.3 is 0 Å². The summed E-state index contributed by atoms with van der Waals surface area (Å²) >= 11 is 5.93. The number of rotatable bonds is 4. The lowest BCUT2D eigenvalue weighted by atomic mass is 10.1. The summed E-state index contributed by atoms with van der Waals surface area (Å²) in [5.41, 5.74) is 3.38. The summed E-state index contributed by atoms with van der Waals surface area (Å²) < 4.78 is 2.21. The molecule has 0 bridgehead atoms. The van der Waals surface area contributed by atoms with Crippen LogP contribution in [-0.4, -0.2) is 9.55 Å². The quantitative estimate of drug-likeness (QED) is 0.646. The van der Waals surface area contributed by atoms with Crippen molar-refractivity contribution in [3.63, 3.8) is 0 Å². The molecular weight excluding hydrogens is 268 g/mol. The van der Waals surface area contributed by atoms with Gasteiger partial charge in [-0.05, 0) is 29.8 Å². The van der Waals surface area contributed by atoms with E-state index in [0.717, 1.165) is 34.8 Å². The molecule has 0 spiro atoms. The molecule has 3 rings (SSSR count). The maximum Gasteiger partial charge on any atom is 0.114 e. The average molecular weight is 283 g/mol. The summed E-state index contributed by atoms with van der Waals surface area (Å²) in [5, 5.41) is 0.758. The maximum atomic E-state index is 5.93. The van der Waals surface area contributed by atoms with Gasteiger partial charge in [0.15, 0.2) is 0 Å². The lowest BCUT2D eigenvalue weighted by Crippen LogP contribution is -2.03. The van der Waals surface area contributed by atoms with Gasteiger partial charge in [0.05, 0.1) is 11.0 Å². The summed E-state index contributed by atoms with van der Waals surface area (Å²) in [6, 6.07) is 16.1. The third-order valence-electron chi connectivity index (χ3n) is 3.32. The van der Waals surface area contributed by atoms with E-state index in [4.69, 9.17) is 16.6 Å². The fraction of sp³-hybridized carbons (Fsp3) is 0.118. The van der Waals surface area contributed by atoms with Crippen LogP contribution in [0.4, 0.5) is 0 Å². The summed E-state index contributed by atoms with van der Waals surface area (Å²) in [6.07, 6.45) is 2.69. The molecule has 0 aliphatic carbocycles. The number of aromatic nitrogens is 2. The van der Waals surface area contributed by atoms with E-state index in [-0.39, 0.29) is 0 Å². The van der Waals surface area contributed by atoms with Gasteiger partial charge in [0.1, 0.15) is 5.82 Å². The molecule has 0 atom stereocenters. The van der Waals surface area contributed by atoms with Gasteiger partial charge in [-0.15, -0.1) is 6.58 Å². The molecule has 0 radical (unpaired) electrons. The molecule has 2 aromatic carbocycles. The Balaban J connectivity index is 2.03. The van der Waals surface area contributed by atoms with Crippen LogP contribution in [0.1, 0.15) is 11.4 Å². The van der Waals surface area contributed by atoms with E-state index in [1.807, 2.05) is 48.5 Å². The number of imidazole rings is 1. The largest absolute Gasteiger partial charge is 0.324 e. The third kappa shape index (κ3) is 2.47.